The highest BCUT2D eigenvalue weighted by Gasteiger charge is 2.11. The van der Waals surface area contributed by atoms with Crippen molar-refractivity contribution in [3.05, 3.63) is 66.0 Å². The number of nitrogens with zero attached hydrogens (tertiary/aromatic N) is 1. The molecular weight excluding hydrogens is 252 g/mol. The van der Waals surface area contributed by atoms with Crippen molar-refractivity contribution in [1.82, 2.24) is 9.97 Å². The molecule has 2 heterocycles. The molecule has 0 aliphatic rings. The van der Waals surface area contributed by atoms with Crippen LogP contribution in [-0.2, 0) is 4.79 Å². The van der Waals surface area contributed by atoms with Gasteiger partial charge in [-0.25, -0.2) is 9.78 Å². The third-order valence-electron chi connectivity index (χ3n) is 3.10. The van der Waals surface area contributed by atoms with E-state index in [1.165, 1.54) is 0 Å². The van der Waals surface area contributed by atoms with E-state index in [1.54, 1.807) is 30.6 Å². The number of benzene rings is 1. The first kappa shape index (κ1) is 12.2. The number of pyridine rings is 1. The molecule has 0 atom stereocenters. The fraction of sp³-hybridized carbons (Fsp3) is 0. The van der Waals surface area contributed by atoms with Crippen LogP contribution in [-0.4, -0.2) is 21.0 Å². The standard InChI is InChI=1S/C16H12N2O2/c19-16(20)14(11-5-2-1-3-6-11)9-12-10-18-15-13(12)7-4-8-17-15/h1-10H,(H,17,18)(H,19,20)/b14-9+. The molecule has 0 fully saturated rings. The molecule has 0 saturated carbocycles. The number of hydrogen-bond acceptors (Lipinski definition) is 2. The van der Waals surface area contributed by atoms with Crippen LogP contribution in [0.25, 0.3) is 22.7 Å². The smallest absolute Gasteiger partial charge is 0.336 e. The second-order valence-corrected chi connectivity index (χ2v) is 4.37. The molecule has 2 N–H and O–H groups in total. The predicted molar refractivity (Wildman–Crippen MR) is 78.0 cm³/mol. The van der Waals surface area contributed by atoms with Gasteiger partial charge in [0.25, 0.3) is 0 Å². The van der Waals surface area contributed by atoms with E-state index in [2.05, 4.69) is 9.97 Å². The molecule has 0 bridgehead atoms. The predicted octanol–water partition coefficient (Wildman–Crippen LogP) is 3.19. The molecular formula is C16H12N2O2. The highest BCUT2D eigenvalue weighted by molar-refractivity contribution is 6.21. The number of carboxylic acid groups (broad SMARTS) is 1. The van der Waals surface area contributed by atoms with Gasteiger partial charge >= 0.3 is 5.97 Å². The number of nitrogens with one attached hydrogen (secondary N) is 1. The molecule has 0 amide bonds. The average Bonchev–Trinajstić information content (AvgIpc) is 2.88. The van der Waals surface area contributed by atoms with Crippen LogP contribution >= 0.6 is 0 Å². The zero-order valence-corrected chi connectivity index (χ0v) is 10.6. The summed E-state index contributed by atoms with van der Waals surface area (Å²) in [7, 11) is 0. The minimum Gasteiger partial charge on any atom is -0.478 e. The van der Waals surface area contributed by atoms with E-state index in [9.17, 15) is 9.90 Å². The van der Waals surface area contributed by atoms with Gasteiger partial charge in [-0.1, -0.05) is 30.3 Å². The van der Waals surface area contributed by atoms with Gasteiger partial charge in [-0.15, -0.1) is 0 Å². The Labute approximate surface area is 115 Å². The summed E-state index contributed by atoms with van der Waals surface area (Å²) in [5.74, 6) is -0.950. The minimum absolute atomic E-state index is 0.260. The number of H-pyrrole nitrogens is 1. The first-order valence-corrected chi connectivity index (χ1v) is 6.18. The summed E-state index contributed by atoms with van der Waals surface area (Å²) in [6.07, 6.45) is 5.13. The molecule has 0 spiro atoms. The fourth-order valence-electron chi connectivity index (χ4n) is 2.14. The zero-order chi connectivity index (χ0) is 13.9. The van der Waals surface area contributed by atoms with Crippen molar-refractivity contribution in [3.8, 4) is 0 Å². The van der Waals surface area contributed by atoms with E-state index in [0.717, 1.165) is 16.6 Å². The normalized spacial score (nSPS) is 11.7. The summed E-state index contributed by atoms with van der Waals surface area (Å²) in [6.45, 7) is 0. The van der Waals surface area contributed by atoms with Gasteiger partial charge in [-0.2, -0.15) is 0 Å². The van der Waals surface area contributed by atoms with Gasteiger partial charge in [-0.05, 0) is 23.8 Å². The van der Waals surface area contributed by atoms with E-state index in [1.807, 2.05) is 30.3 Å². The Balaban J connectivity index is 2.15. The van der Waals surface area contributed by atoms with E-state index >= 15 is 0 Å². The summed E-state index contributed by atoms with van der Waals surface area (Å²) in [5, 5.41) is 10.3. The second-order valence-electron chi connectivity index (χ2n) is 4.37. The number of aromatic nitrogens is 2. The Kier molecular flexibility index (Phi) is 3.05. The van der Waals surface area contributed by atoms with E-state index in [4.69, 9.17) is 0 Å². The highest BCUT2D eigenvalue weighted by Crippen LogP contribution is 2.23. The second kappa shape index (κ2) is 5.01. The van der Waals surface area contributed by atoms with Crippen molar-refractivity contribution in [3.63, 3.8) is 0 Å². The molecule has 98 valence electrons. The van der Waals surface area contributed by atoms with Gasteiger partial charge in [0, 0.05) is 23.3 Å². The topological polar surface area (TPSA) is 66.0 Å². The number of rotatable bonds is 3. The number of aliphatic carboxylic acids is 1. The molecule has 20 heavy (non-hydrogen) atoms. The Morgan fingerprint density at radius 2 is 1.95 bits per heavy atom. The van der Waals surface area contributed by atoms with E-state index < -0.39 is 5.97 Å². The lowest BCUT2D eigenvalue weighted by Gasteiger charge is -2.02. The van der Waals surface area contributed by atoms with Gasteiger partial charge in [0.15, 0.2) is 0 Å². The molecule has 0 unspecified atom stereocenters. The third-order valence-corrected chi connectivity index (χ3v) is 3.10. The van der Waals surface area contributed by atoms with Crippen molar-refractivity contribution >= 4 is 28.7 Å². The van der Waals surface area contributed by atoms with Crippen LogP contribution in [0.1, 0.15) is 11.1 Å². The van der Waals surface area contributed by atoms with Crippen LogP contribution in [0.2, 0.25) is 0 Å². The quantitative estimate of drug-likeness (QED) is 0.714. The maximum absolute atomic E-state index is 11.5. The molecule has 0 aliphatic carbocycles. The largest absolute Gasteiger partial charge is 0.478 e. The molecule has 1 aromatic carbocycles. The van der Waals surface area contributed by atoms with Crippen LogP contribution in [0.3, 0.4) is 0 Å². The van der Waals surface area contributed by atoms with Crippen LogP contribution in [0.5, 0.6) is 0 Å². The number of fused-ring (bicyclic) bond motifs is 1. The molecule has 4 nitrogen and oxygen atoms in total. The van der Waals surface area contributed by atoms with Crippen LogP contribution in [0.4, 0.5) is 0 Å². The minimum atomic E-state index is -0.950. The number of hydrogen-bond donors (Lipinski definition) is 2. The lowest BCUT2D eigenvalue weighted by atomic mass is 10.0. The maximum atomic E-state index is 11.5. The Hall–Kier alpha value is -2.88. The van der Waals surface area contributed by atoms with Gasteiger partial charge in [-0.3, -0.25) is 0 Å². The lowest BCUT2D eigenvalue weighted by Crippen LogP contribution is -1.99. The number of carbonyl (C=O) groups is 1. The highest BCUT2D eigenvalue weighted by atomic mass is 16.4. The molecule has 0 saturated heterocycles. The van der Waals surface area contributed by atoms with E-state index in [-0.39, 0.29) is 5.57 Å². The van der Waals surface area contributed by atoms with Crippen molar-refractivity contribution in [2.24, 2.45) is 0 Å². The monoisotopic (exact) mass is 264 g/mol. The Morgan fingerprint density at radius 1 is 1.15 bits per heavy atom. The number of aromatic amines is 1. The summed E-state index contributed by atoms with van der Waals surface area (Å²) in [5.41, 5.74) is 2.50. The lowest BCUT2D eigenvalue weighted by molar-refractivity contribution is -0.130. The van der Waals surface area contributed by atoms with Crippen molar-refractivity contribution in [2.75, 3.05) is 0 Å². The molecule has 2 aromatic heterocycles. The maximum Gasteiger partial charge on any atom is 0.336 e. The third kappa shape index (κ3) is 2.19. The van der Waals surface area contributed by atoms with Crippen molar-refractivity contribution in [1.29, 1.82) is 0 Å². The Bertz CT molecular complexity index is 788. The summed E-state index contributed by atoms with van der Waals surface area (Å²) < 4.78 is 0. The first-order valence-electron chi connectivity index (χ1n) is 6.18. The Morgan fingerprint density at radius 3 is 2.70 bits per heavy atom. The average molecular weight is 264 g/mol. The van der Waals surface area contributed by atoms with Gasteiger partial charge in [0.2, 0.25) is 0 Å². The molecule has 0 aliphatic heterocycles. The van der Waals surface area contributed by atoms with Gasteiger partial charge in [0.05, 0.1) is 5.57 Å². The van der Waals surface area contributed by atoms with Crippen LogP contribution in [0, 0.1) is 0 Å². The van der Waals surface area contributed by atoms with Crippen molar-refractivity contribution in [2.45, 2.75) is 0 Å². The summed E-state index contributed by atoms with van der Waals surface area (Å²) >= 11 is 0. The molecule has 4 heteroatoms. The zero-order valence-electron chi connectivity index (χ0n) is 10.6. The van der Waals surface area contributed by atoms with Crippen LogP contribution < -0.4 is 0 Å². The van der Waals surface area contributed by atoms with Crippen LogP contribution in [0.15, 0.2) is 54.9 Å². The molecule has 3 rings (SSSR count). The van der Waals surface area contributed by atoms with Gasteiger partial charge < -0.3 is 10.1 Å². The fourth-order valence-corrected chi connectivity index (χ4v) is 2.14. The molecule has 3 aromatic rings. The number of carboxylic acids is 1. The van der Waals surface area contributed by atoms with E-state index in [0.29, 0.717) is 5.56 Å². The first-order chi connectivity index (χ1) is 9.75. The molecule has 0 radical (unpaired) electrons. The SMILES string of the molecule is O=C(O)/C(=C/c1c[nH]c2ncccc12)c1ccccc1. The summed E-state index contributed by atoms with van der Waals surface area (Å²) in [4.78, 5) is 18.7. The summed E-state index contributed by atoms with van der Waals surface area (Å²) in [6, 6.07) is 12.8. The van der Waals surface area contributed by atoms with Crippen molar-refractivity contribution < 1.29 is 9.90 Å². The van der Waals surface area contributed by atoms with Gasteiger partial charge in [0.1, 0.15) is 5.65 Å².